The van der Waals surface area contributed by atoms with E-state index in [1.807, 2.05) is 0 Å². The van der Waals surface area contributed by atoms with E-state index < -0.39 is 0 Å². The highest BCUT2D eigenvalue weighted by Gasteiger charge is 2.22. The molecule has 0 bridgehead atoms. The van der Waals surface area contributed by atoms with E-state index in [9.17, 15) is 9.59 Å². The van der Waals surface area contributed by atoms with Crippen LogP contribution in [-0.2, 0) is 11.2 Å². The van der Waals surface area contributed by atoms with E-state index >= 15 is 0 Å². The fourth-order valence-corrected chi connectivity index (χ4v) is 2.69. The zero-order valence-corrected chi connectivity index (χ0v) is 12.6. The number of nitrogens with one attached hydrogen (secondary N) is 1. The van der Waals surface area contributed by atoms with Crippen LogP contribution in [0.5, 0.6) is 0 Å². The van der Waals surface area contributed by atoms with Crippen LogP contribution in [0.25, 0.3) is 0 Å². The molecule has 1 N–H and O–H groups in total. The molecule has 0 saturated heterocycles. The minimum absolute atomic E-state index is 0.0793. The highest BCUT2D eigenvalue weighted by Crippen LogP contribution is 2.31. The number of carbonyl (C=O) groups excluding carboxylic acids is 2. The van der Waals surface area contributed by atoms with Crippen LogP contribution in [0.3, 0.4) is 0 Å². The maximum absolute atomic E-state index is 12.5. The van der Waals surface area contributed by atoms with Gasteiger partial charge in [0.15, 0.2) is 5.78 Å². The molecule has 0 unspecified atom stereocenters. The number of rotatable bonds is 2. The number of fused-ring (bicyclic) bond motifs is 1. The monoisotopic (exact) mass is 349 g/mol. The lowest BCUT2D eigenvalue weighted by atomic mass is 10.00. The van der Waals surface area contributed by atoms with Gasteiger partial charge in [-0.05, 0) is 42.0 Å². The van der Waals surface area contributed by atoms with Gasteiger partial charge in [-0.25, -0.2) is 0 Å². The zero-order chi connectivity index (χ0) is 14.3. The third-order valence-corrected chi connectivity index (χ3v) is 4.01. The van der Waals surface area contributed by atoms with Crippen molar-refractivity contribution in [2.24, 2.45) is 0 Å². The van der Waals surface area contributed by atoms with Crippen LogP contribution in [0.4, 0.5) is 5.69 Å². The summed E-state index contributed by atoms with van der Waals surface area (Å²) in [5.41, 5.74) is 2.48. The molecule has 0 spiro atoms. The predicted octanol–water partition coefficient (Wildman–Crippen LogP) is 3.83. The van der Waals surface area contributed by atoms with E-state index in [-0.39, 0.29) is 18.1 Å². The van der Waals surface area contributed by atoms with Gasteiger partial charge in [-0.1, -0.05) is 27.5 Å². The highest BCUT2D eigenvalue weighted by molar-refractivity contribution is 9.10. The average Bonchev–Trinajstić information content (AvgIpc) is 2.77. The van der Waals surface area contributed by atoms with Crippen LogP contribution in [0.15, 0.2) is 40.9 Å². The van der Waals surface area contributed by atoms with Crippen molar-refractivity contribution < 1.29 is 9.59 Å². The van der Waals surface area contributed by atoms with Crippen molar-refractivity contribution in [2.75, 3.05) is 5.32 Å². The lowest BCUT2D eigenvalue weighted by Crippen LogP contribution is -2.03. The number of anilines is 1. The summed E-state index contributed by atoms with van der Waals surface area (Å²) in [6.45, 7) is 0. The molecule has 0 fully saturated rings. The minimum Gasteiger partial charge on any atom is -0.325 e. The normalized spacial score (nSPS) is 13.0. The van der Waals surface area contributed by atoms with Crippen LogP contribution < -0.4 is 5.32 Å². The smallest absolute Gasteiger partial charge is 0.228 e. The van der Waals surface area contributed by atoms with Gasteiger partial charge in [0.25, 0.3) is 0 Å². The summed E-state index contributed by atoms with van der Waals surface area (Å²) >= 11 is 9.48. The first kappa shape index (κ1) is 13.3. The van der Waals surface area contributed by atoms with E-state index in [1.54, 1.807) is 36.4 Å². The molecule has 100 valence electrons. The molecule has 0 radical (unpaired) electrons. The van der Waals surface area contributed by atoms with Gasteiger partial charge in [0.2, 0.25) is 5.91 Å². The molecule has 0 saturated carbocycles. The summed E-state index contributed by atoms with van der Waals surface area (Å²) in [7, 11) is 0. The van der Waals surface area contributed by atoms with Gasteiger partial charge >= 0.3 is 0 Å². The van der Waals surface area contributed by atoms with E-state index in [1.165, 1.54) is 0 Å². The second kappa shape index (κ2) is 5.04. The van der Waals surface area contributed by atoms with Gasteiger partial charge in [0, 0.05) is 21.3 Å². The molecule has 2 aromatic carbocycles. The van der Waals surface area contributed by atoms with Crippen LogP contribution in [0.1, 0.15) is 21.5 Å². The van der Waals surface area contributed by atoms with Crippen LogP contribution in [0.2, 0.25) is 5.02 Å². The Hall–Kier alpha value is -1.65. The quantitative estimate of drug-likeness (QED) is 0.837. The Kier molecular flexibility index (Phi) is 3.36. The minimum atomic E-state index is -0.148. The Balaban J connectivity index is 2.02. The second-order valence-corrected chi connectivity index (χ2v) is 5.87. The molecule has 0 aromatic heterocycles. The summed E-state index contributed by atoms with van der Waals surface area (Å²) < 4.78 is 0.906. The molecule has 1 aliphatic heterocycles. The maximum Gasteiger partial charge on any atom is 0.228 e. The Morgan fingerprint density at radius 1 is 1.20 bits per heavy atom. The number of ketones is 1. The summed E-state index contributed by atoms with van der Waals surface area (Å²) in [5.74, 6) is -0.228. The molecule has 5 heteroatoms. The first-order valence-corrected chi connectivity index (χ1v) is 7.14. The van der Waals surface area contributed by atoms with Gasteiger partial charge in [0.05, 0.1) is 11.4 Å². The largest absolute Gasteiger partial charge is 0.325 e. The Labute approximate surface area is 129 Å². The first-order valence-electron chi connectivity index (χ1n) is 5.97. The van der Waals surface area contributed by atoms with E-state index in [4.69, 9.17) is 11.6 Å². The van der Waals surface area contributed by atoms with E-state index in [0.717, 1.165) is 10.0 Å². The van der Waals surface area contributed by atoms with Crippen molar-refractivity contribution in [2.45, 2.75) is 6.42 Å². The molecule has 2 aromatic rings. The van der Waals surface area contributed by atoms with E-state index in [0.29, 0.717) is 21.8 Å². The van der Waals surface area contributed by atoms with Crippen molar-refractivity contribution >= 4 is 44.9 Å². The third-order valence-electron chi connectivity index (χ3n) is 3.17. The zero-order valence-electron chi connectivity index (χ0n) is 10.2. The molecule has 0 aliphatic carbocycles. The standard InChI is InChI=1S/C15H9BrClNO2/c16-10-3-1-8(2-4-10)15(20)11-5-9-6-14(19)18-13(9)7-12(11)17/h1-5,7H,6H2,(H,18,19). The number of benzene rings is 2. The van der Waals surface area contributed by atoms with Crippen molar-refractivity contribution in [3.05, 3.63) is 62.6 Å². The number of hydrogen-bond acceptors (Lipinski definition) is 2. The van der Waals surface area contributed by atoms with Crippen molar-refractivity contribution in [3.8, 4) is 0 Å². The number of amides is 1. The van der Waals surface area contributed by atoms with Gasteiger partial charge in [-0.2, -0.15) is 0 Å². The Morgan fingerprint density at radius 2 is 1.90 bits per heavy atom. The van der Waals surface area contributed by atoms with Gasteiger partial charge in [-0.15, -0.1) is 0 Å². The lowest BCUT2D eigenvalue weighted by molar-refractivity contribution is -0.115. The molecule has 0 atom stereocenters. The summed E-state index contributed by atoms with van der Waals surface area (Å²) in [5, 5.41) is 3.06. The predicted molar refractivity (Wildman–Crippen MR) is 81.4 cm³/mol. The van der Waals surface area contributed by atoms with Crippen molar-refractivity contribution in [3.63, 3.8) is 0 Å². The van der Waals surface area contributed by atoms with Crippen molar-refractivity contribution in [1.29, 1.82) is 0 Å². The fourth-order valence-electron chi connectivity index (χ4n) is 2.18. The SMILES string of the molecule is O=C1Cc2cc(C(=O)c3ccc(Br)cc3)c(Cl)cc2N1. The topological polar surface area (TPSA) is 46.2 Å². The average molecular weight is 351 g/mol. The Bertz CT molecular complexity index is 725. The molecule has 1 amide bonds. The molecular formula is C15H9BrClNO2. The summed E-state index contributed by atoms with van der Waals surface area (Å²) in [6, 6.07) is 10.4. The van der Waals surface area contributed by atoms with Crippen LogP contribution >= 0.6 is 27.5 Å². The molecule has 1 heterocycles. The second-order valence-electron chi connectivity index (χ2n) is 4.55. The third kappa shape index (κ3) is 2.37. The Morgan fingerprint density at radius 3 is 2.60 bits per heavy atom. The molecule has 1 aliphatic rings. The summed E-state index contributed by atoms with van der Waals surface area (Å²) in [6.07, 6.45) is 0.285. The molecule has 20 heavy (non-hydrogen) atoms. The lowest BCUT2D eigenvalue weighted by Gasteiger charge is -2.07. The van der Waals surface area contributed by atoms with Gasteiger partial charge in [0.1, 0.15) is 0 Å². The first-order chi connectivity index (χ1) is 9.54. The van der Waals surface area contributed by atoms with Gasteiger partial charge in [-0.3, -0.25) is 9.59 Å². The van der Waals surface area contributed by atoms with Crippen molar-refractivity contribution in [1.82, 2.24) is 0 Å². The maximum atomic E-state index is 12.5. The van der Waals surface area contributed by atoms with Gasteiger partial charge < -0.3 is 5.32 Å². The van der Waals surface area contributed by atoms with E-state index in [2.05, 4.69) is 21.2 Å². The van der Waals surface area contributed by atoms with Crippen LogP contribution in [0, 0.1) is 0 Å². The molecule has 3 rings (SSSR count). The van der Waals surface area contributed by atoms with Crippen LogP contribution in [-0.4, -0.2) is 11.7 Å². The molecular weight excluding hydrogens is 342 g/mol. The molecule has 3 nitrogen and oxygen atoms in total. The highest BCUT2D eigenvalue weighted by atomic mass is 79.9. The number of carbonyl (C=O) groups is 2. The summed E-state index contributed by atoms with van der Waals surface area (Å²) in [4.78, 5) is 23.8. The number of halogens is 2. The number of hydrogen-bond donors (Lipinski definition) is 1. The fraction of sp³-hybridized carbons (Fsp3) is 0.0667.